The average Bonchev–Trinajstić information content (AvgIpc) is 2.58. The van der Waals surface area contributed by atoms with Crippen LogP contribution in [0.4, 0.5) is 5.69 Å². The van der Waals surface area contributed by atoms with Crippen molar-refractivity contribution in [3.63, 3.8) is 0 Å². The number of carbonyl (C=O) groups is 1. The van der Waals surface area contributed by atoms with Crippen molar-refractivity contribution in [2.24, 2.45) is 4.99 Å². The molecule has 0 aromatic heterocycles. The molecule has 126 valence electrons. The normalized spacial score (nSPS) is 15.7. The summed E-state index contributed by atoms with van der Waals surface area (Å²) in [6.45, 7) is 5.78. The number of amides is 1. The number of nitrogens with one attached hydrogen (secondary N) is 2. The molecule has 2 rings (SSSR count). The minimum absolute atomic E-state index is 0.00538. The van der Waals surface area contributed by atoms with Crippen LogP contribution in [0, 0.1) is 0 Å². The summed E-state index contributed by atoms with van der Waals surface area (Å²) < 4.78 is 5.45. The summed E-state index contributed by atoms with van der Waals surface area (Å²) in [5.74, 6) is 1.58. The average molecular weight is 318 g/mol. The second kappa shape index (κ2) is 8.41. The first-order chi connectivity index (χ1) is 11.2. The molecule has 23 heavy (non-hydrogen) atoms. The Morgan fingerprint density at radius 1 is 1.43 bits per heavy atom. The number of nitrogens with zero attached hydrogens (tertiary/aromatic N) is 2. The van der Waals surface area contributed by atoms with E-state index in [9.17, 15) is 4.79 Å². The zero-order chi connectivity index (χ0) is 16.7. The van der Waals surface area contributed by atoms with E-state index in [-0.39, 0.29) is 12.5 Å². The number of aliphatic imine (C=N–C) groups is 1. The van der Waals surface area contributed by atoms with Crippen molar-refractivity contribution in [1.82, 2.24) is 10.6 Å². The lowest BCUT2D eigenvalue weighted by Gasteiger charge is -2.29. The Morgan fingerprint density at radius 2 is 2.22 bits per heavy atom. The first-order valence-corrected chi connectivity index (χ1v) is 8.15. The molecule has 0 spiro atoms. The predicted octanol–water partition coefficient (Wildman–Crippen LogP) is 1.77. The Labute approximate surface area is 137 Å². The van der Waals surface area contributed by atoms with Gasteiger partial charge in [-0.15, -0.1) is 0 Å². The van der Waals surface area contributed by atoms with Gasteiger partial charge in [-0.1, -0.05) is 19.1 Å². The highest BCUT2D eigenvalue weighted by Gasteiger charge is 2.24. The monoisotopic (exact) mass is 318 g/mol. The SMILES string of the molecule is CCC(C)NC(=NC)NCCCN1C(=O)COc2ccccc21. The molecular weight excluding hydrogens is 292 g/mol. The van der Waals surface area contributed by atoms with Crippen LogP contribution in [-0.4, -0.2) is 44.7 Å². The van der Waals surface area contributed by atoms with Crippen LogP contribution in [0.2, 0.25) is 0 Å². The van der Waals surface area contributed by atoms with Crippen LogP contribution in [0.1, 0.15) is 26.7 Å². The van der Waals surface area contributed by atoms with Crippen LogP contribution in [0.3, 0.4) is 0 Å². The second-order valence-electron chi connectivity index (χ2n) is 5.61. The molecule has 0 saturated heterocycles. The first-order valence-electron chi connectivity index (χ1n) is 8.15. The fraction of sp³-hybridized carbons (Fsp3) is 0.529. The zero-order valence-electron chi connectivity index (χ0n) is 14.1. The minimum atomic E-state index is 0.00538. The summed E-state index contributed by atoms with van der Waals surface area (Å²) in [6, 6.07) is 8.03. The van der Waals surface area contributed by atoms with E-state index >= 15 is 0 Å². The molecule has 0 saturated carbocycles. The lowest BCUT2D eigenvalue weighted by atomic mass is 10.2. The summed E-state index contributed by atoms with van der Waals surface area (Å²) in [6.07, 6.45) is 1.88. The number of ether oxygens (including phenoxy) is 1. The zero-order valence-corrected chi connectivity index (χ0v) is 14.1. The van der Waals surface area contributed by atoms with E-state index in [0.717, 1.165) is 36.8 Å². The van der Waals surface area contributed by atoms with E-state index in [1.54, 1.807) is 11.9 Å². The number of anilines is 1. The number of hydrogen-bond donors (Lipinski definition) is 2. The summed E-state index contributed by atoms with van der Waals surface area (Å²) in [4.78, 5) is 18.1. The molecule has 6 nitrogen and oxygen atoms in total. The number of para-hydroxylation sites is 2. The summed E-state index contributed by atoms with van der Waals surface area (Å²) in [5.41, 5.74) is 0.853. The van der Waals surface area contributed by atoms with Crippen LogP contribution < -0.4 is 20.3 Å². The van der Waals surface area contributed by atoms with Gasteiger partial charge in [-0.05, 0) is 31.9 Å². The quantitative estimate of drug-likeness (QED) is 0.476. The summed E-state index contributed by atoms with van der Waals surface area (Å²) in [5, 5.41) is 6.60. The van der Waals surface area contributed by atoms with Crippen LogP contribution in [0.15, 0.2) is 29.3 Å². The fourth-order valence-corrected chi connectivity index (χ4v) is 2.37. The van der Waals surface area contributed by atoms with Gasteiger partial charge in [0.25, 0.3) is 5.91 Å². The molecule has 1 unspecified atom stereocenters. The lowest BCUT2D eigenvalue weighted by molar-refractivity contribution is -0.121. The van der Waals surface area contributed by atoms with Gasteiger partial charge in [-0.2, -0.15) is 0 Å². The van der Waals surface area contributed by atoms with E-state index in [2.05, 4.69) is 29.5 Å². The Bertz CT molecular complexity index is 559. The molecule has 1 heterocycles. The molecule has 1 aromatic carbocycles. The van der Waals surface area contributed by atoms with Gasteiger partial charge in [0.1, 0.15) is 5.75 Å². The Balaban J connectivity index is 1.83. The fourth-order valence-electron chi connectivity index (χ4n) is 2.37. The smallest absolute Gasteiger partial charge is 0.265 e. The Kier molecular flexibility index (Phi) is 6.26. The van der Waals surface area contributed by atoms with Gasteiger partial charge in [0.05, 0.1) is 5.69 Å². The minimum Gasteiger partial charge on any atom is -0.482 e. The van der Waals surface area contributed by atoms with Gasteiger partial charge in [0, 0.05) is 26.2 Å². The van der Waals surface area contributed by atoms with Gasteiger partial charge in [0.2, 0.25) is 0 Å². The number of benzene rings is 1. The Morgan fingerprint density at radius 3 is 2.96 bits per heavy atom. The maximum Gasteiger partial charge on any atom is 0.265 e. The number of carbonyl (C=O) groups excluding carboxylic acids is 1. The molecule has 0 radical (unpaired) electrons. The van der Waals surface area contributed by atoms with Gasteiger partial charge in [-0.25, -0.2) is 0 Å². The van der Waals surface area contributed by atoms with Gasteiger partial charge < -0.3 is 20.3 Å². The van der Waals surface area contributed by atoms with E-state index in [4.69, 9.17) is 4.74 Å². The molecule has 1 aliphatic heterocycles. The van der Waals surface area contributed by atoms with E-state index in [0.29, 0.717) is 12.6 Å². The molecule has 2 N–H and O–H groups in total. The van der Waals surface area contributed by atoms with Gasteiger partial charge in [-0.3, -0.25) is 9.79 Å². The van der Waals surface area contributed by atoms with Crippen LogP contribution in [-0.2, 0) is 4.79 Å². The molecule has 0 bridgehead atoms. The van der Waals surface area contributed by atoms with Gasteiger partial charge >= 0.3 is 0 Å². The summed E-state index contributed by atoms with van der Waals surface area (Å²) >= 11 is 0. The van der Waals surface area contributed by atoms with Crippen LogP contribution in [0.5, 0.6) is 5.75 Å². The standard InChI is InChI=1S/C17H26N4O2/c1-4-13(2)20-17(18-3)19-10-7-11-21-14-8-5-6-9-15(14)23-12-16(21)22/h5-6,8-9,13H,4,7,10-12H2,1-3H3,(H2,18,19,20). The maximum atomic E-state index is 12.1. The van der Waals surface area contributed by atoms with E-state index in [1.807, 2.05) is 24.3 Å². The van der Waals surface area contributed by atoms with E-state index in [1.165, 1.54) is 0 Å². The van der Waals surface area contributed by atoms with E-state index < -0.39 is 0 Å². The highest BCUT2D eigenvalue weighted by Crippen LogP contribution is 2.31. The molecule has 6 heteroatoms. The third kappa shape index (κ3) is 4.61. The number of fused-ring (bicyclic) bond motifs is 1. The molecular formula is C17H26N4O2. The molecule has 1 aromatic rings. The number of rotatable bonds is 6. The molecule has 0 fully saturated rings. The van der Waals surface area contributed by atoms with Crippen molar-refractivity contribution in [1.29, 1.82) is 0 Å². The highest BCUT2D eigenvalue weighted by molar-refractivity contribution is 5.97. The summed E-state index contributed by atoms with van der Waals surface area (Å²) in [7, 11) is 1.76. The second-order valence-corrected chi connectivity index (χ2v) is 5.61. The third-order valence-corrected chi connectivity index (χ3v) is 3.88. The van der Waals surface area contributed by atoms with Gasteiger partial charge in [0.15, 0.2) is 12.6 Å². The van der Waals surface area contributed by atoms with Crippen LogP contribution >= 0.6 is 0 Å². The third-order valence-electron chi connectivity index (χ3n) is 3.88. The van der Waals surface area contributed by atoms with Crippen molar-refractivity contribution in [3.05, 3.63) is 24.3 Å². The van der Waals surface area contributed by atoms with Crippen molar-refractivity contribution in [2.75, 3.05) is 31.6 Å². The molecule has 0 aliphatic carbocycles. The van der Waals surface area contributed by atoms with Crippen molar-refractivity contribution in [2.45, 2.75) is 32.7 Å². The molecule has 1 amide bonds. The highest BCUT2D eigenvalue weighted by atomic mass is 16.5. The first kappa shape index (κ1) is 17.1. The number of guanidine groups is 1. The van der Waals surface area contributed by atoms with Crippen molar-refractivity contribution >= 4 is 17.6 Å². The Hall–Kier alpha value is -2.24. The lowest BCUT2D eigenvalue weighted by Crippen LogP contribution is -2.44. The topological polar surface area (TPSA) is 66.0 Å². The van der Waals surface area contributed by atoms with Crippen molar-refractivity contribution in [3.8, 4) is 5.75 Å². The maximum absolute atomic E-state index is 12.1. The van der Waals surface area contributed by atoms with Crippen LogP contribution in [0.25, 0.3) is 0 Å². The number of hydrogen-bond acceptors (Lipinski definition) is 3. The predicted molar refractivity (Wildman–Crippen MR) is 93.2 cm³/mol. The van der Waals surface area contributed by atoms with Crippen molar-refractivity contribution < 1.29 is 9.53 Å². The largest absolute Gasteiger partial charge is 0.482 e. The molecule has 1 atom stereocenters. The molecule has 1 aliphatic rings.